The quantitative estimate of drug-likeness (QED) is 0.749. The Balaban J connectivity index is 1.50. The number of hydrogen-bond acceptors (Lipinski definition) is 5. The van der Waals surface area contributed by atoms with Crippen molar-refractivity contribution in [2.24, 2.45) is 11.8 Å². The topological polar surface area (TPSA) is 94.9 Å². The van der Waals surface area contributed by atoms with Crippen molar-refractivity contribution in [3.05, 3.63) is 63.1 Å². The molecule has 2 aromatic rings. The summed E-state index contributed by atoms with van der Waals surface area (Å²) in [6, 6.07) is 2.97. The first-order chi connectivity index (χ1) is 15.3. The summed E-state index contributed by atoms with van der Waals surface area (Å²) in [5.74, 6) is -2.95. The molecular formula is C22H22F2N4O4. The highest BCUT2D eigenvalue weighted by molar-refractivity contribution is 5.99. The van der Waals surface area contributed by atoms with E-state index in [1.165, 1.54) is 16.9 Å². The van der Waals surface area contributed by atoms with E-state index in [-0.39, 0.29) is 35.4 Å². The molecule has 1 saturated carbocycles. The van der Waals surface area contributed by atoms with Crippen LogP contribution < -0.4 is 15.8 Å². The maximum atomic E-state index is 13.9. The zero-order chi connectivity index (χ0) is 22.7. The van der Waals surface area contributed by atoms with Gasteiger partial charge in [0.15, 0.2) is 11.4 Å². The zero-order valence-electron chi connectivity index (χ0n) is 17.3. The fraction of sp³-hybridized carbons (Fsp3) is 0.409. The summed E-state index contributed by atoms with van der Waals surface area (Å²) in [6.07, 6.45) is 4.09. The van der Waals surface area contributed by atoms with Crippen LogP contribution in [0.5, 0.6) is 5.75 Å². The molecule has 3 atom stereocenters. The molecule has 3 heterocycles. The molecule has 168 valence electrons. The van der Waals surface area contributed by atoms with Crippen LogP contribution in [0.15, 0.2) is 29.2 Å². The second kappa shape index (κ2) is 7.32. The van der Waals surface area contributed by atoms with Crippen molar-refractivity contribution in [1.82, 2.24) is 14.9 Å². The van der Waals surface area contributed by atoms with Crippen LogP contribution in [0.25, 0.3) is 0 Å². The Hall–Kier alpha value is -3.43. The van der Waals surface area contributed by atoms with Gasteiger partial charge in [0, 0.05) is 38.0 Å². The van der Waals surface area contributed by atoms with Gasteiger partial charge < -0.3 is 15.3 Å². The fourth-order valence-corrected chi connectivity index (χ4v) is 5.27. The van der Waals surface area contributed by atoms with Gasteiger partial charge in [-0.2, -0.15) is 0 Å². The minimum Gasteiger partial charge on any atom is -0.502 e. The summed E-state index contributed by atoms with van der Waals surface area (Å²) in [7, 11) is 1.66. The van der Waals surface area contributed by atoms with E-state index in [1.54, 1.807) is 11.9 Å². The summed E-state index contributed by atoms with van der Waals surface area (Å²) in [5, 5.41) is 14.9. The number of carbonyl (C=O) groups excluding carboxylic acids is 2. The molecule has 2 fully saturated rings. The van der Waals surface area contributed by atoms with Crippen molar-refractivity contribution in [2.45, 2.75) is 32.0 Å². The number of pyridine rings is 1. The number of hydrogen-bond donors (Lipinski definition) is 2. The van der Waals surface area contributed by atoms with Crippen molar-refractivity contribution >= 4 is 11.8 Å². The maximum Gasteiger partial charge on any atom is 0.277 e. The highest BCUT2D eigenvalue weighted by Crippen LogP contribution is 2.42. The zero-order valence-corrected chi connectivity index (χ0v) is 17.3. The molecule has 32 heavy (non-hydrogen) atoms. The van der Waals surface area contributed by atoms with Crippen molar-refractivity contribution in [2.75, 3.05) is 18.6 Å². The molecule has 0 spiro atoms. The molecule has 2 N–H and O–H groups in total. The molecule has 2 amide bonds. The Labute approximate surface area is 182 Å². The van der Waals surface area contributed by atoms with E-state index >= 15 is 0 Å². The Morgan fingerprint density at radius 3 is 2.78 bits per heavy atom. The molecule has 10 heteroatoms. The number of nitrogens with zero attached hydrogens (tertiary/aromatic N) is 3. The Bertz CT molecular complexity index is 1200. The van der Waals surface area contributed by atoms with Crippen LogP contribution in [0.3, 0.4) is 0 Å². The van der Waals surface area contributed by atoms with Crippen LogP contribution in [0.4, 0.5) is 8.78 Å². The minimum absolute atomic E-state index is 0.0477. The van der Waals surface area contributed by atoms with E-state index < -0.39 is 34.6 Å². The van der Waals surface area contributed by atoms with Gasteiger partial charge in [0.25, 0.3) is 11.8 Å². The molecule has 5 rings (SSSR count). The molecule has 1 aromatic heterocycles. The van der Waals surface area contributed by atoms with Gasteiger partial charge in [-0.15, -0.1) is 0 Å². The van der Waals surface area contributed by atoms with Gasteiger partial charge in [-0.05, 0) is 37.2 Å². The minimum atomic E-state index is -0.978. The summed E-state index contributed by atoms with van der Waals surface area (Å²) < 4.78 is 28.4. The summed E-state index contributed by atoms with van der Waals surface area (Å²) in [5.41, 5.74) is -1.46. The van der Waals surface area contributed by atoms with Crippen molar-refractivity contribution < 1.29 is 23.5 Å². The van der Waals surface area contributed by atoms with Crippen LogP contribution in [0, 0.1) is 23.5 Å². The van der Waals surface area contributed by atoms with Gasteiger partial charge in [-0.1, -0.05) is 6.07 Å². The Morgan fingerprint density at radius 2 is 2.03 bits per heavy atom. The standard InChI is InChI=1S/C22H22F2N4O4/c1-26-21-12-3-2-11(6-12)9-28(21)27-10-15(18(29)19(30)17(27)22(26)32)20(31)25-8-13-4-5-14(23)7-16(13)24/h4-5,7,10-12,21,30H,2-3,6,8-9H2,1H3,(H,25,31)/t11-,12+,21+/m1/s1. The molecule has 8 nitrogen and oxygen atoms in total. The normalized spacial score (nSPS) is 23.7. The first kappa shape index (κ1) is 20.5. The van der Waals surface area contributed by atoms with E-state index in [0.29, 0.717) is 18.5 Å². The predicted molar refractivity (Wildman–Crippen MR) is 110 cm³/mol. The third-order valence-electron chi connectivity index (χ3n) is 6.81. The van der Waals surface area contributed by atoms with Crippen molar-refractivity contribution in [3.8, 4) is 5.75 Å². The summed E-state index contributed by atoms with van der Waals surface area (Å²) in [6.45, 7) is 0.362. The lowest BCUT2D eigenvalue weighted by molar-refractivity contribution is 0.0492. The molecule has 3 aliphatic rings. The Kier molecular flexibility index (Phi) is 4.68. The molecule has 1 saturated heterocycles. The second-order valence-electron chi connectivity index (χ2n) is 8.72. The third-order valence-corrected chi connectivity index (χ3v) is 6.81. The summed E-state index contributed by atoms with van der Waals surface area (Å²) in [4.78, 5) is 40.0. The third kappa shape index (κ3) is 3.04. The van der Waals surface area contributed by atoms with Crippen molar-refractivity contribution in [1.29, 1.82) is 0 Å². The van der Waals surface area contributed by atoms with Crippen LogP contribution >= 0.6 is 0 Å². The number of fused-ring (bicyclic) bond motifs is 6. The Morgan fingerprint density at radius 1 is 1.25 bits per heavy atom. The van der Waals surface area contributed by atoms with E-state index in [0.717, 1.165) is 25.3 Å². The van der Waals surface area contributed by atoms with Gasteiger partial charge in [0.05, 0.1) is 0 Å². The molecule has 1 aromatic carbocycles. The van der Waals surface area contributed by atoms with Crippen LogP contribution in [-0.2, 0) is 6.54 Å². The van der Waals surface area contributed by atoms with Crippen LogP contribution in [0.1, 0.15) is 45.7 Å². The van der Waals surface area contributed by atoms with Gasteiger partial charge in [-0.25, -0.2) is 8.78 Å². The smallest absolute Gasteiger partial charge is 0.277 e. The van der Waals surface area contributed by atoms with E-state index in [9.17, 15) is 28.3 Å². The van der Waals surface area contributed by atoms with E-state index in [4.69, 9.17) is 0 Å². The first-order valence-corrected chi connectivity index (χ1v) is 10.5. The number of aromatic hydroxyl groups is 1. The SMILES string of the molecule is CN1C(=O)c2c(O)c(=O)c(C(=O)NCc3ccc(F)cc3F)cn2N2C[C@@H]3CC[C@@H](C3)[C@@H]12. The largest absolute Gasteiger partial charge is 0.502 e. The predicted octanol–water partition coefficient (Wildman–Crippen LogP) is 1.54. The fourth-order valence-electron chi connectivity index (χ4n) is 5.27. The lowest BCUT2D eigenvalue weighted by Gasteiger charge is -2.50. The second-order valence-corrected chi connectivity index (χ2v) is 8.72. The van der Waals surface area contributed by atoms with Crippen molar-refractivity contribution in [3.63, 3.8) is 0 Å². The highest BCUT2D eigenvalue weighted by atomic mass is 19.1. The molecule has 1 aliphatic carbocycles. The lowest BCUT2D eigenvalue weighted by atomic mass is 9.94. The number of benzene rings is 1. The highest BCUT2D eigenvalue weighted by Gasteiger charge is 2.48. The number of carbonyl (C=O) groups is 2. The van der Waals surface area contributed by atoms with E-state index in [1.807, 2.05) is 5.01 Å². The van der Waals surface area contributed by atoms with Crippen LogP contribution in [0.2, 0.25) is 0 Å². The molecule has 0 unspecified atom stereocenters. The molecular weight excluding hydrogens is 422 g/mol. The lowest BCUT2D eigenvalue weighted by Crippen LogP contribution is -2.65. The van der Waals surface area contributed by atoms with Gasteiger partial charge >= 0.3 is 0 Å². The average Bonchev–Trinajstić information content (AvgIpc) is 3.13. The van der Waals surface area contributed by atoms with Gasteiger partial charge in [0.2, 0.25) is 5.43 Å². The number of aromatic nitrogens is 1. The van der Waals surface area contributed by atoms with Crippen LogP contribution in [-0.4, -0.2) is 46.3 Å². The molecule has 0 radical (unpaired) electrons. The average molecular weight is 444 g/mol. The first-order valence-electron chi connectivity index (χ1n) is 10.5. The number of piperidine rings is 1. The van der Waals surface area contributed by atoms with E-state index in [2.05, 4.69) is 5.32 Å². The monoisotopic (exact) mass is 444 g/mol. The number of rotatable bonds is 3. The van der Waals surface area contributed by atoms with Gasteiger partial charge in [0.1, 0.15) is 23.4 Å². The van der Waals surface area contributed by atoms with Gasteiger partial charge in [-0.3, -0.25) is 24.1 Å². The molecule has 2 aliphatic heterocycles. The summed E-state index contributed by atoms with van der Waals surface area (Å²) >= 11 is 0. The molecule has 2 bridgehead atoms. The number of amides is 2. The maximum absolute atomic E-state index is 13.9. The number of halogens is 2. The number of nitrogens with one attached hydrogen (secondary N) is 1.